The molecule has 4 nitrogen and oxygen atoms in total. The Hall–Kier alpha value is -0.680. The van der Waals surface area contributed by atoms with Gasteiger partial charge >= 0.3 is 0 Å². The zero-order valence-corrected chi connectivity index (χ0v) is 14.3. The molecule has 1 spiro atoms. The van der Waals surface area contributed by atoms with E-state index in [1.165, 1.54) is 38.5 Å². The van der Waals surface area contributed by atoms with Gasteiger partial charge in [0.25, 0.3) is 0 Å². The smallest absolute Gasteiger partial charge is 0.205 e. The molecule has 0 bridgehead atoms. The normalized spacial score (nSPS) is 23.3. The molecule has 5 heteroatoms. The quantitative estimate of drug-likeness (QED) is 0.791. The third-order valence-electron chi connectivity index (χ3n) is 4.62. The van der Waals surface area contributed by atoms with Gasteiger partial charge in [-0.25, -0.2) is 4.98 Å². The van der Waals surface area contributed by atoms with Crippen molar-refractivity contribution in [2.45, 2.75) is 70.3 Å². The molecule has 0 radical (unpaired) electrons. The van der Waals surface area contributed by atoms with Crippen molar-refractivity contribution >= 4 is 16.7 Å². The fourth-order valence-corrected chi connectivity index (χ4v) is 4.21. The van der Waals surface area contributed by atoms with Crippen LogP contribution in [0.15, 0.2) is 0 Å². The molecule has 1 saturated carbocycles. The molecule has 3 rings (SSSR count). The Balaban J connectivity index is 1.75. The van der Waals surface area contributed by atoms with Crippen LogP contribution >= 0.6 is 11.5 Å². The average Bonchev–Trinajstić information content (AvgIpc) is 2.84. The maximum Gasteiger partial charge on any atom is 0.205 e. The minimum Gasteiger partial charge on any atom is -0.371 e. The van der Waals surface area contributed by atoms with Crippen molar-refractivity contribution in [3.05, 3.63) is 5.82 Å². The molecule has 0 unspecified atom stereocenters. The van der Waals surface area contributed by atoms with E-state index in [0.29, 0.717) is 0 Å². The van der Waals surface area contributed by atoms with Crippen molar-refractivity contribution in [2.24, 2.45) is 0 Å². The SMILES string of the molecule is CC(C)(C)c1nsc(N2CCOC3(CCCCCC3)C2)n1. The Morgan fingerprint density at radius 3 is 2.48 bits per heavy atom. The molecule has 1 aromatic heterocycles. The van der Waals surface area contributed by atoms with Crippen molar-refractivity contribution in [3.63, 3.8) is 0 Å². The van der Waals surface area contributed by atoms with Gasteiger partial charge in [0.1, 0.15) is 5.82 Å². The van der Waals surface area contributed by atoms with Gasteiger partial charge in [-0.15, -0.1) is 0 Å². The lowest BCUT2D eigenvalue weighted by atomic mass is 9.92. The standard InChI is InChI=1S/C16H27N3OS/c1-15(2,3)13-17-14(21-18-13)19-10-11-20-16(12-19)8-6-4-5-7-9-16/h4-12H2,1-3H3. The molecular formula is C16H27N3OS. The number of rotatable bonds is 1. The first-order chi connectivity index (χ1) is 9.99. The Bertz CT molecular complexity index is 472. The van der Waals surface area contributed by atoms with Crippen LogP contribution in [-0.2, 0) is 10.2 Å². The predicted octanol–water partition coefficient (Wildman–Crippen LogP) is 3.77. The van der Waals surface area contributed by atoms with Crippen molar-refractivity contribution in [3.8, 4) is 0 Å². The number of aromatic nitrogens is 2. The number of nitrogens with zero attached hydrogens (tertiary/aromatic N) is 3. The van der Waals surface area contributed by atoms with Crippen molar-refractivity contribution in [1.29, 1.82) is 0 Å². The molecule has 0 amide bonds. The molecule has 0 aromatic carbocycles. The third-order valence-corrected chi connectivity index (χ3v) is 5.40. The lowest BCUT2D eigenvalue weighted by Crippen LogP contribution is -2.51. The van der Waals surface area contributed by atoms with E-state index in [4.69, 9.17) is 9.72 Å². The first-order valence-electron chi connectivity index (χ1n) is 8.22. The molecule has 0 atom stereocenters. The fourth-order valence-electron chi connectivity index (χ4n) is 3.33. The van der Waals surface area contributed by atoms with Crippen LogP contribution < -0.4 is 4.90 Å². The van der Waals surface area contributed by atoms with E-state index in [9.17, 15) is 0 Å². The summed E-state index contributed by atoms with van der Waals surface area (Å²) in [6.07, 6.45) is 7.73. The van der Waals surface area contributed by atoms with Gasteiger partial charge in [0, 0.05) is 30.0 Å². The number of hydrogen-bond acceptors (Lipinski definition) is 5. The van der Waals surface area contributed by atoms with Crippen LogP contribution in [0.1, 0.15) is 65.1 Å². The number of hydrogen-bond donors (Lipinski definition) is 0. The second-order valence-electron chi connectivity index (χ2n) is 7.52. The van der Waals surface area contributed by atoms with Crippen LogP contribution in [-0.4, -0.2) is 34.7 Å². The second-order valence-corrected chi connectivity index (χ2v) is 8.25. The Labute approximate surface area is 132 Å². The monoisotopic (exact) mass is 309 g/mol. The highest BCUT2D eigenvalue weighted by atomic mass is 32.1. The third kappa shape index (κ3) is 3.39. The second kappa shape index (κ2) is 5.84. The summed E-state index contributed by atoms with van der Waals surface area (Å²) in [4.78, 5) is 7.19. The van der Waals surface area contributed by atoms with Crippen molar-refractivity contribution in [2.75, 3.05) is 24.6 Å². The molecule has 1 aliphatic heterocycles. The summed E-state index contributed by atoms with van der Waals surface area (Å²) < 4.78 is 10.8. The predicted molar refractivity (Wildman–Crippen MR) is 87.2 cm³/mol. The van der Waals surface area contributed by atoms with Gasteiger partial charge in [0.15, 0.2) is 0 Å². The van der Waals surface area contributed by atoms with Crippen LogP contribution in [0.3, 0.4) is 0 Å². The van der Waals surface area contributed by atoms with Crippen LogP contribution in [0.5, 0.6) is 0 Å². The van der Waals surface area contributed by atoms with Crippen LogP contribution in [0.25, 0.3) is 0 Å². The Kier molecular flexibility index (Phi) is 4.23. The molecule has 21 heavy (non-hydrogen) atoms. The minimum atomic E-state index is 0.0288. The Morgan fingerprint density at radius 1 is 1.14 bits per heavy atom. The maximum absolute atomic E-state index is 6.23. The summed E-state index contributed by atoms with van der Waals surface area (Å²) in [5.74, 6) is 0.962. The molecule has 0 N–H and O–H groups in total. The van der Waals surface area contributed by atoms with Gasteiger partial charge < -0.3 is 9.64 Å². The highest BCUT2D eigenvalue weighted by Crippen LogP contribution is 2.35. The summed E-state index contributed by atoms with van der Waals surface area (Å²) in [7, 11) is 0. The number of anilines is 1. The summed E-state index contributed by atoms with van der Waals surface area (Å²) in [5.41, 5.74) is 0.101. The fraction of sp³-hybridized carbons (Fsp3) is 0.875. The van der Waals surface area contributed by atoms with Gasteiger partial charge in [-0.05, 0) is 12.8 Å². The highest BCUT2D eigenvalue weighted by molar-refractivity contribution is 7.09. The highest BCUT2D eigenvalue weighted by Gasteiger charge is 2.38. The molecule has 118 valence electrons. The first-order valence-corrected chi connectivity index (χ1v) is 8.99. The summed E-state index contributed by atoms with van der Waals surface area (Å²) in [6, 6.07) is 0. The number of ether oxygens (including phenoxy) is 1. The first kappa shape index (κ1) is 15.2. The zero-order valence-electron chi connectivity index (χ0n) is 13.5. The minimum absolute atomic E-state index is 0.0288. The van der Waals surface area contributed by atoms with Gasteiger partial charge in [-0.1, -0.05) is 46.5 Å². The number of morpholine rings is 1. The summed E-state index contributed by atoms with van der Waals surface area (Å²) >= 11 is 1.54. The Morgan fingerprint density at radius 2 is 1.86 bits per heavy atom. The van der Waals surface area contributed by atoms with Crippen LogP contribution in [0, 0.1) is 0 Å². The maximum atomic E-state index is 6.23. The topological polar surface area (TPSA) is 38.2 Å². The van der Waals surface area contributed by atoms with Crippen LogP contribution in [0.4, 0.5) is 5.13 Å². The summed E-state index contributed by atoms with van der Waals surface area (Å²) in [6.45, 7) is 9.28. The molecule has 2 fully saturated rings. The van der Waals surface area contributed by atoms with E-state index < -0.39 is 0 Å². The van der Waals surface area contributed by atoms with Crippen LogP contribution in [0.2, 0.25) is 0 Å². The molecule has 1 saturated heterocycles. The lowest BCUT2D eigenvalue weighted by molar-refractivity contribution is -0.0652. The summed E-state index contributed by atoms with van der Waals surface area (Å²) in [5, 5.41) is 1.08. The van der Waals surface area contributed by atoms with Gasteiger partial charge in [-0.3, -0.25) is 0 Å². The molecule has 1 aliphatic carbocycles. The van der Waals surface area contributed by atoms with E-state index >= 15 is 0 Å². The van der Waals surface area contributed by atoms with Gasteiger partial charge in [0.05, 0.1) is 12.2 Å². The lowest BCUT2D eigenvalue weighted by Gasteiger charge is -2.42. The van der Waals surface area contributed by atoms with Gasteiger partial charge in [0.2, 0.25) is 5.13 Å². The van der Waals surface area contributed by atoms with E-state index in [2.05, 4.69) is 30.0 Å². The van der Waals surface area contributed by atoms with Gasteiger partial charge in [-0.2, -0.15) is 4.37 Å². The molecule has 2 heterocycles. The molecular weight excluding hydrogens is 282 g/mol. The largest absolute Gasteiger partial charge is 0.371 e. The van der Waals surface area contributed by atoms with Crippen molar-refractivity contribution in [1.82, 2.24) is 9.36 Å². The van der Waals surface area contributed by atoms with E-state index in [1.54, 1.807) is 11.5 Å². The zero-order chi connectivity index (χ0) is 14.9. The average molecular weight is 309 g/mol. The van der Waals surface area contributed by atoms with E-state index in [0.717, 1.165) is 30.7 Å². The molecule has 2 aliphatic rings. The van der Waals surface area contributed by atoms with Crippen molar-refractivity contribution < 1.29 is 4.74 Å². The molecule has 1 aromatic rings. The van der Waals surface area contributed by atoms with E-state index in [1.807, 2.05) is 0 Å². The van der Waals surface area contributed by atoms with E-state index in [-0.39, 0.29) is 11.0 Å².